The third kappa shape index (κ3) is 3.30. The van der Waals surface area contributed by atoms with Gasteiger partial charge in [0.2, 0.25) is 5.91 Å². The number of anilines is 1. The second-order valence-corrected chi connectivity index (χ2v) is 3.27. The molecule has 1 aromatic carbocycles. The van der Waals surface area contributed by atoms with Crippen molar-refractivity contribution < 1.29 is 22.8 Å². The van der Waals surface area contributed by atoms with E-state index in [-0.39, 0.29) is 12.1 Å². The molecule has 0 aliphatic rings. The van der Waals surface area contributed by atoms with Gasteiger partial charge in [0.1, 0.15) is 0 Å². The van der Waals surface area contributed by atoms with Gasteiger partial charge in [-0.3, -0.25) is 9.59 Å². The van der Waals surface area contributed by atoms with Crippen LogP contribution in [0.3, 0.4) is 0 Å². The number of alkyl halides is 3. The maximum Gasteiger partial charge on any atom is 0.454 e. The number of rotatable bonds is 3. The molecule has 0 atom stereocenters. The van der Waals surface area contributed by atoms with Crippen LogP contribution in [-0.4, -0.2) is 17.9 Å². The second kappa shape index (κ2) is 4.99. The van der Waals surface area contributed by atoms with Gasteiger partial charge in [0.25, 0.3) is 5.78 Å². The molecule has 0 radical (unpaired) electrons. The van der Waals surface area contributed by atoms with Gasteiger partial charge in [0, 0.05) is 6.42 Å². The summed E-state index contributed by atoms with van der Waals surface area (Å²) in [4.78, 5) is 22.2. The first-order valence-electron chi connectivity index (χ1n) is 4.86. The third-order valence-corrected chi connectivity index (χ3v) is 2.02. The molecule has 0 unspecified atom stereocenters. The first kappa shape index (κ1) is 13.2. The van der Waals surface area contributed by atoms with E-state index in [1.165, 1.54) is 18.2 Å². The summed E-state index contributed by atoms with van der Waals surface area (Å²) in [5.41, 5.74) is -0.677. The number of carbonyl (C=O) groups excluding carboxylic acids is 2. The Morgan fingerprint density at radius 3 is 2.35 bits per heavy atom. The van der Waals surface area contributed by atoms with Crippen molar-refractivity contribution in [1.29, 1.82) is 0 Å². The lowest BCUT2D eigenvalue weighted by molar-refractivity contribution is -0.115. The van der Waals surface area contributed by atoms with Gasteiger partial charge in [-0.2, -0.15) is 13.2 Å². The van der Waals surface area contributed by atoms with Crippen molar-refractivity contribution in [3.05, 3.63) is 29.8 Å². The molecular weight excluding hydrogens is 235 g/mol. The summed E-state index contributed by atoms with van der Waals surface area (Å²) < 4.78 is 36.8. The van der Waals surface area contributed by atoms with Crippen LogP contribution in [0.4, 0.5) is 18.9 Å². The second-order valence-electron chi connectivity index (χ2n) is 3.27. The molecule has 0 fully saturated rings. The molecule has 1 rings (SSSR count). The minimum absolute atomic E-state index is 0.120. The van der Waals surface area contributed by atoms with E-state index >= 15 is 0 Å². The fourth-order valence-electron chi connectivity index (χ4n) is 1.18. The van der Waals surface area contributed by atoms with Crippen molar-refractivity contribution in [2.45, 2.75) is 19.5 Å². The Balaban J connectivity index is 3.08. The van der Waals surface area contributed by atoms with Crippen LogP contribution in [-0.2, 0) is 4.79 Å². The van der Waals surface area contributed by atoms with Crippen LogP contribution < -0.4 is 5.32 Å². The summed E-state index contributed by atoms with van der Waals surface area (Å²) in [6.07, 6.45) is -4.83. The average Bonchev–Trinajstić information content (AvgIpc) is 2.27. The molecule has 0 aliphatic carbocycles. The van der Waals surface area contributed by atoms with Gasteiger partial charge in [-0.05, 0) is 12.1 Å². The van der Waals surface area contributed by atoms with Crippen LogP contribution >= 0.6 is 0 Å². The molecule has 3 nitrogen and oxygen atoms in total. The van der Waals surface area contributed by atoms with Crippen molar-refractivity contribution in [2.24, 2.45) is 0 Å². The van der Waals surface area contributed by atoms with E-state index in [0.29, 0.717) is 0 Å². The molecule has 0 aromatic heterocycles. The van der Waals surface area contributed by atoms with Crippen LogP contribution in [0.25, 0.3) is 0 Å². The Kier molecular flexibility index (Phi) is 3.88. The minimum atomic E-state index is -4.95. The molecule has 0 bridgehead atoms. The number of amides is 1. The molecule has 17 heavy (non-hydrogen) atoms. The van der Waals surface area contributed by atoms with E-state index in [1.807, 2.05) is 0 Å². The Bertz CT molecular complexity index is 441. The molecule has 1 N–H and O–H groups in total. The number of hydrogen-bond acceptors (Lipinski definition) is 2. The minimum Gasteiger partial charge on any atom is -0.325 e. The van der Waals surface area contributed by atoms with Gasteiger partial charge in [-0.15, -0.1) is 0 Å². The summed E-state index contributed by atoms with van der Waals surface area (Å²) in [5, 5.41) is 2.25. The van der Waals surface area contributed by atoms with E-state index in [9.17, 15) is 22.8 Å². The van der Waals surface area contributed by atoms with Crippen LogP contribution in [0.15, 0.2) is 24.3 Å². The zero-order valence-electron chi connectivity index (χ0n) is 8.97. The van der Waals surface area contributed by atoms with Crippen LogP contribution in [0, 0.1) is 0 Å². The maximum atomic E-state index is 12.3. The number of halogens is 3. The summed E-state index contributed by atoms with van der Waals surface area (Å²) >= 11 is 0. The van der Waals surface area contributed by atoms with Gasteiger partial charge < -0.3 is 5.32 Å². The lowest BCUT2D eigenvalue weighted by Gasteiger charge is -2.11. The molecule has 0 saturated carbocycles. The molecule has 1 aromatic rings. The van der Waals surface area contributed by atoms with E-state index < -0.39 is 23.4 Å². The largest absolute Gasteiger partial charge is 0.454 e. The summed E-state index contributed by atoms with van der Waals surface area (Å²) in [5.74, 6) is -2.42. The van der Waals surface area contributed by atoms with Gasteiger partial charge in [0.05, 0.1) is 11.3 Å². The first-order chi connectivity index (χ1) is 7.86. The highest BCUT2D eigenvalue weighted by Crippen LogP contribution is 2.26. The quantitative estimate of drug-likeness (QED) is 0.832. The fourth-order valence-corrected chi connectivity index (χ4v) is 1.18. The lowest BCUT2D eigenvalue weighted by Crippen LogP contribution is -2.24. The molecule has 0 aliphatic heterocycles. The van der Waals surface area contributed by atoms with Gasteiger partial charge in [0.15, 0.2) is 0 Å². The highest BCUT2D eigenvalue weighted by Gasteiger charge is 2.40. The lowest BCUT2D eigenvalue weighted by atomic mass is 10.1. The van der Waals surface area contributed by atoms with Crippen molar-refractivity contribution in [3.63, 3.8) is 0 Å². The Hall–Kier alpha value is -1.85. The third-order valence-electron chi connectivity index (χ3n) is 2.02. The fraction of sp³-hybridized carbons (Fsp3) is 0.273. The molecule has 0 spiro atoms. The summed E-state index contributed by atoms with van der Waals surface area (Å²) in [6.45, 7) is 1.56. The monoisotopic (exact) mass is 245 g/mol. The standard InChI is InChI=1S/C11H10F3NO2/c1-2-9(16)15-8-6-4-3-5-7(8)10(17)11(12,13)14/h3-6H,2H2,1H3,(H,15,16). The smallest absolute Gasteiger partial charge is 0.325 e. The predicted molar refractivity (Wildman–Crippen MR) is 55.7 cm³/mol. The van der Waals surface area contributed by atoms with Crippen LogP contribution in [0.1, 0.15) is 23.7 Å². The summed E-state index contributed by atoms with van der Waals surface area (Å²) in [6, 6.07) is 5.03. The Morgan fingerprint density at radius 2 is 1.82 bits per heavy atom. The number of nitrogens with one attached hydrogen (secondary N) is 1. The summed E-state index contributed by atoms with van der Waals surface area (Å²) in [7, 11) is 0. The normalized spacial score (nSPS) is 11.1. The van der Waals surface area contributed by atoms with Crippen molar-refractivity contribution in [3.8, 4) is 0 Å². The predicted octanol–water partition coefficient (Wildman–Crippen LogP) is 2.78. The number of para-hydroxylation sites is 1. The number of Topliss-reactive ketones (excluding diaryl/α,β-unsaturated/α-hetero) is 1. The Labute approximate surface area is 95.6 Å². The van der Waals surface area contributed by atoms with Gasteiger partial charge >= 0.3 is 6.18 Å². The molecule has 6 heteroatoms. The van der Waals surface area contributed by atoms with E-state index in [2.05, 4.69) is 5.32 Å². The molecular formula is C11H10F3NO2. The first-order valence-corrected chi connectivity index (χ1v) is 4.86. The maximum absolute atomic E-state index is 12.3. The van der Waals surface area contributed by atoms with Crippen LogP contribution in [0.5, 0.6) is 0 Å². The van der Waals surface area contributed by atoms with Crippen molar-refractivity contribution >= 4 is 17.4 Å². The van der Waals surface area contributed by atoms with E-state index in [4.69, 9.17) is 0 Å². The number of carbonyl (C=O) groups is 2. The van der Waals surface area contributed by atoms with Gasteiger partial charge in [-0.1, -0.05) is 19.1 Å². The van der Waals surface area contributed by atoms with Crippen molar-refractivity contribution in [2.75, 3.05) is 5.32 Å². The van der Waals surface area contributed by atoms with E-state index in [1.54, 1.807) is 6.92 Å². The zero-order valence-corrected chi connectivity index (χ0v) is 8.97. The van der Waals surface area contributed by atoms with Gasteiger partial charge in [-0.25, -0.2) is 0 Å². The number of ketones is 1. The highest BCUT2D eigenvalue weighted by molar-refractivity contribution is 6.07. The van der Waals surface area contributed by atoms with Crippen LogP contribution in [0.2, 0.25) is 0 Å². The molecule has 0 heterocycles. The molecule has 92 valence electrons. The van der Waals surface area contributed by atoms with Crippen molar-refractivity contribution in [1.82, 2.24) is 0 Å². The number of hydrogen-bond donors (Lipinski definition) is 1. The van der Waals surface area contributed by atoms with E-state index in [0.717, 1.165) is 6.07 Å². The molecule has 0 saturated heterocycles. The topological polar surface area (TPSA) is 46.2 Å². The molecule has 1 amide bonds. The Morgan fingerprint density at radius 1 is 1.24 bits per heavy atom. The zero-order chi connectivity index (χ0) is 13.1. The highest BCUT2D eigenvalue weighted by atomic mass is 19.4. The average molecular weight is 245 g/mol. The number of benzene rings is 1. The SMILES string of the molecule is CCC(=O)Nc1ccccc1C(=O)C(F)(F)F.